The Labute approximate surface area is 89.5 Å². The van der Waals surface area contributed by atoms with Crippen LogP contribution in [0.5, 0.6) is 0 Å². The number of oxazole rings is 1. The van der Waals surface area contributed by atoms with Crippen LogP contribution in [0, 0.1) is 5.92 Å². The molecule has 0 aliphatic carbocycles. The molecule has 2 saturated heterocycles. The molecule has 3 rings (SSSR count). The van der Waals surface area contributed by atoms with Crippen LogP contribution in [0.2, 0.25) is 0 Å². The van der Waals surface area contributed by atoms with Crippen LogP contribution in [0.3, 0.4) is 0 Å². The Morgan fingerprint density at radius 1 is 1.33 bits per heavy atom. The van der Waals surface area contributed by atoms with Crippen molar-refractivity contribution in [1.29, 1.82) is 0 Å². The smallest absolute Gasteiger partial charge is 0.194 e. The fourth-order valence-corrected chi connectivity index (χ4v) is 2.25. The zero-order valence-corrected chi connectivity index (χ0v) is 8.83. The molecule has 0 aromatic carbocycles. The maximum absolute atomic E-state index is 5.52. The zero-order chi connectivity index (χ0) is 10.1. The zero-order valence-electron chi connectivity index (χ0n) is 8.83. The summed E-state index contributed by atoms with van der Waals surface area (Å²) < 4.78 is 5.52. The Morgan fingerprint density at radius 3 is 2.93 bits per heavy atom. The van der Waals surface area contributed by atoms with Gasteiger partial charge in [-0.1, -0.05) is 0 Å². The molecule has 3 heterocycles. The number of hydrogen-bond acceptors (Lipinski definition) is 4. The first kappa shape index (κ1) is 9.36. The number of aromatic nitrogens is 1. The van der Waals surface area contributed by atoms with Crippen molar-refractivity contribution in [2.24, 2.45) is 5.92 Å². The fourth-order valence-electron chi connectivity index (χ4n) is 2.25. The molecular weight excluding hydrogens is 190 g/mol. The topological polar surface area (TPSA) is 50.1 Å². The lowest BCUT2D eigenvalue weighted by Gasteiger charge is -2.25. The maximum atomic E-state index is 5.52. The van der Waals surface area contributed by atoms with Crippen LogP contribution in [0.25, 0.3) is 0 Å². The van der Waals surface area contributed by atoms with E-state index in [0.717, 1.165) is 50.1 Å². The van der Waals surface area contributed by atoms with Crippen LogP contribution < -0.4 is 10.6 Å². The van der Waals surface area contributed by atoms with Crippen LogP contribution in [0.1, 0.15) is 23.9 Å². The first-order valence-electron chi connectivity index (χ1n) is 5.77. The van der Waals surface area contributed by atoms with Crippen LogP contribution in [0.15, 0.2) is 10.7 Å². The molecule has 0 bridgehead atoms. The maximum Gasteiger partial charge on any atom is 0.194 e. The van der Waals surface area contributed by atoms with Gasteiger partial charge in [0.05, 0.1) is 5.69 Å². The Morgan fingerprint density at radius 2 is 2.27 bits per heavy atom. The second-order valence-corrected chi connectivity index (χ2v) is 4.58. The molecule has 2 aliphatic rings. The van der Waals surface area contributed by atoms with Gasteiger partial charge in [-0.05, 0) is 32.0 Å². The summed E-state index contributed by atoms with van der Waals surface area (Å²) in [6.07, 6.45) is 4.03. The standard InChI is InChI=1S/C11H17N3O/c1-2-12-6-9(1)10-7-15-11(14-10)3-8-4-13-5-8/h7-9,12-13H,1-6H2. The lowest BCUT2D eigenvalue weighted by molar-refractivity contribution is 0.318. The summed E-state index contributed by atoms with van der Waals surface area (Å²) in [7, 11) is 0. The first-order valence-corrected chi connectivity index (χ1v) is 5.77. The van der Waals surface area contributed by atoms with Crippen LogP contribution in [-0.2, 0) is 6.42 Å². The largest absolute Gasteiger partial charge is 0.449 e. The van der Waals surface area contributed by atoms with E-state index in [0.29, 0.717) is 5.92 Å². The predicted octanol–water partition coefficient (Wildman–Crippen LogP) is 0.513. The highest BCUT2D eigenvalue weighted by Gasteiger charge is 2.23. The molecule has 1 unspecified atom stereocenters. The van der Waals surface area contributed by atoms with Gasteiger partial charge in [0.25, 0.3) is 0 Å². The molecule has 1 aromatic rings. The SMILES string of the molecule is c1oc(CC2CNC2)nc1C1CCNC1. The third-order valence-electron chi connectivity index (χ3n) is 3.38. The van der Waals surface area contributed by atoms with Crippen LogP contribution >= 0.6 is 0 Å². The van der Waals surface area contributed by atoms with Gasteiger partial charge in [0, 0.05) is 18.9 Å². The van der Waals surface area contributed by atoms with E-state index in [-0.39, 0.29) is 0 Å². The molecule has 0 spiro atoms. The second kappa shape index (κ2) is 3.94. The predicted molar refractivity (Wildman–Crippen MR) is 56.8 cm³/mol. The monoisotopic (exact) mass is 207 g/mol. The van der Waals surface area contributed by atoms with E-state index in [1.807, 2.05) is 6.26 Å². The van der Waals surface area contributed by atoms with Crippen LogP contribution in [0.4, 0.5) is 0 Å². The summed E-state index contributed by atoms with van der Waals surface area (Å²) in [5, 5.41) is 6.62. The number of nitrogens with one attached hydrogen (secondary N) is 2. The van der Waals surface area contributed by atoms with E-state index in [1.165, 1.54) is 6.42 Å². The van der Waals surface area contributed by atoms with Gasteiger partial charge in [0.2, 0.25) is 0 Å². The molecule has 4 heteroatoms. The molecule has 1 atom stereocenters. The van der Waals surface area contributed by atoms with Crippen molar-refractivity contribution >= 4 is 0 Å². The van der Waals surface area contributed by atoms with E-state index in [9.17, 15) is 0 Å². The molecule has 1 aromatic heterocycles. The highest BCUT2D eigenvalue weighted by Crippen LogP contribution is 2.22. The summed E-state index contributed by atoms with van der Waals surface area (Å²) in [5.74, 6) is 2.23. The summed E-state index contributed by atoms with van der Waals surface area (Å²) in [5.41, 5.74) is 1.14. The van der Waals surface area contributed by atoms with Crippen LogP contribution in [-0.4, -0.2) is 31.2 Å². The van der Waals surface area contributed by atoms with Crippen molar-refractivity contribution in [3.05, 3.63) is 17.8 Å². The van der Waals surface area contributed by atoms with Crippen molar-refractivity contribution in [3.63, 3.8) is 0 Å². The van der Waals surface area contributed by atoms with Gasteiger partial charge in [-0.15, -0.1) is 0 Å². The lowest BCUT2D eigenvalue weighted by Crippen LogP contribution is -2.43. The quantitative estimate of drug-likeness (QED) is 0.758. The summed E-state index contributed by atoms with van der Waals surface area (Å²) in [4.78, 5) is 4.58. The molecule has 2 aliphatic heterocycles. The van der Waals surface area contributed by atoms with Crippen molar-refractivity contribution in [3.8, 4) is 0 Å². The Balaban J connectivity index is 1.64. The van der Waals surface area contributed by atoms with Crippen molar-refractivity contribution in [2.75, 3.05) is 26.2 Å². The third-order valence-corrected chi connectivity index (χ3v) is 3.38. The van der Waals surface area contributed by atoms with Crippen molar-refractivity contribution in [2.45, 2.75) is 18.8 Å². The molecule has 0 amide bonds. The molecule has 15 heavy (non-hydrogen) atoms. The van der Waals surface area contributed by atoms with E-state index in [2.05, 4.69) is 15.6 Å². The average molecular weight is 207 g/mol. The molecule has 82 valence electrons. The highest BCUT2D eigenvalue weighted by atomic mass is 16.3. The van der Waals surface area contributed by atoms with Gasteiger partial charge in [0.15, 0.2) is 5.89 Å². The number of rotatable bonds is 3. The van der Waals surface area contributed by atoms with E-state index in [4.69, 9.17) is 4.42 Å². The summed E-state index contributed by atoms with van der Waals surface area (Å²) in [6, 6.07) is 0. The molecule has 4 nitrogen and oxygen atoms in total. The molecule has 0 saturated carbocycles. The minimum absolute atomic E-state index is 0.571. The van der Waals surface area contributed by atoms with Gasteiger partial charge in [-0.2, -0.15) is 0 Å². The van der Waals surface area contributed by atoms with E-state index in [1.54, 1.807) is 0 Å². The molecular formula is C11H17N3O. The van der Waals surface area contributed by atoms with Crippen molar-refractivity contribution in [1.82, 2.24) is 15.6 Å². The fraction of sp³-hybridized carbons (Fsp3) is 0.727. The number of hydrogen-bond donors (Lipinski definition) is 2. The average Bonchev–Trinajstić information content (AvgIpc) is 2.82. The van der Waals surface area contributed by atoms with E-state index < -0.39 is 0 Å². The Bertz CT molecular complexity index is 326. The minimum atomic E-state index is 0.571. The third kappa shape index (κ3) is 1.92. The number of nitrogens with zero attached hydrogens (tertiary/aromatic N) is 1. The van der Waals surface area contributed by atoms with Gasteiger partial charge in [-0.25, -0.2) is 4.98 Å². The Hall–Kier alpha value is -0.870. The normalized spacial score (nSPS) is 26.8. The molecule has 0 radical (unpaired) electrons. The van der Waals surface area contributed by atoms with Gasteiger partial charge in [0.1, 0.15) is 6.26 Å². The molecule has 2 fully saturated rings. The minimum Gasteiger partial charge on any atom is -0.449 e. The van der Waals surface area contributed by atoms with Gasteiger partial charge in [-0.3, -0.25) is 0 Å². The van der Waals surface area contributed by atoms with Gasteiger partial charge >= 0.3 is 0 Å². The lowest BCUT2D eigenvalue weighted by atomic mass is 9.99. The molecule has 2 N–H and O–H groups in total. The van der Waals surface area contributed by atoms with Gasteiger partial charge < -0.3 is 15.1 Å². The van der Waals surface area contributed by atoms with E-state index >= 15 is 0 Å². The summed E-state index contributed by atoms with van der Waals surface area (Å²) in [6.45, 7) is 4.39. The Kier molecular flexibility index (Phi) is 2.46. The summed E-state index contributed by atoms with van der Waals surface area (Å²) >= 11 is 0. The van der Waals surface area contributed by atoms with Crippen molar-refractivity contribution < 1.29 is 4.42 Å². The highest BCUT2D eigenvalue weighted by molar-refractivity contribution is 5.08. The second-order valence-electron chi connectivity index (χ2n) is 4.58. The first-order chi connectivity index (χ1) is 7.42.